The summed E-state index contributed by atoms with van der Waals surface area (Å²) in [5.41, 5.74) is 6.61. The van der Waals surface area contributed by atoms with Crippen LogP contribution in [0.4, 0.5) is 0 Å². The van der Waals surface area contributed by atoms with Crippen molar-refractivity contribution in [2.24, 2.45) is 5.73 Å². The molecule has 1 atom stereocenters. The smallest absolute Gasteiger partial charge is 0.251 e. The van der Waals surface area contributed by atoms with E-state index < -0.39 is 0 Å². The molecule has 0 fully saturated rings. The molecule has 0 bridgehead atoms. The third kappa shape index (κ3) is 3.94. The van der Waals surface area contributed by atoms with E-state index in [1.807, 2.05) is 0 Å². The van der Waals surface area contributed by atoms with Crippen molar-refractivity contribution in [3.05, 3.63) is 44.0 Å². The molecule has 0 radical (unpaired) electrons. The maximum absolute atomic E-state index is 11.7. The van der Waals surface area contributed by atoms with Gasteiger partial charge in [-0.25, -0.2) is 4.98 Å². The standard InChI is InChI=1S/C14H19N3OS2/c1-3-4-10-7-13(18)17-14(16-10)20-12(8-15)11-6-5-9(2)19-11/h5-7,12H,3-4,8,15H2,1-2H3,(H,16,17,18). The van der Waals surface area contributed by atoms with Crippen LogP contribution in [0.2, 0.25) is 0 Å². The summed E-state index contributed by atoms with van der Waals surface area (Å²) in [6, 6.07) is 5.76. The van der Waals surface area contributed by atoms with E-state index >= 15 is 0 Å². The molecule has 0 saturated carbocycles. The molecule has 0 aliphatic heterocycles. The van der Waals surface area contributed by atoms with Crippen molar-refractivity contribution in [2.45, 2.75) is 37.1 Å². The Morgan fingerprint density at radius 1 is 1.50 bits per heavy atom. The topological polar surface area (TPSA) is 71.8 Å². The van der Waals surface area contributed by atoms with Crippen molar-refractivity contribution in [2.75, 3.05) is 6.54 Å². The van der Waals surface area contributed by atoms with Gasteiger partial charge in [-0.15, -0.1) is 11.3 Å². The van der Waals surface area contributed by atoms with E-state index in [2.05, 4.69) is 35.9 Å². The molecule has 0 spiro atoms. The molecule has 6 heteroatoms. The van der Waals surface area contributed by atoms with E-state index in [0.717, 1.165) is 18.5 Å². The summed E-state index contributed by atoms with van der Waals surface area (Å²) in [5, 5.41) is 0.788. The fourth-order valence-electron chi connectivity index (χ4n) is 1.91. The van der Waals surface area contributed by atoms with Crippen LogP contribution in [0.5, 0.6) is 0 Å². The minimum atomic E-state index is -0.0934. The predicted molar refractivity (Wildman–Crippen MR) is 85.6 cm³/mol. The molecule has 2 rings (SSSR count). The summed E-state index contributed by atoms with van der Waals surface area (Å²) in [6.07, 6.45) is 1.80. The number of hydrogen-bond acceptors (Lipinski definition) is 5. The van der Waals surface area contributed by atoms with Gasteiger partial charge < -0.3 is 10.7 Å². The van der Waals surface area contributed by atoms with Crippen LogP contribution in [0.25, 0.3) is 0 Å². The van der Waals surface area contributed by atoms with E-state index in [1.54, 1.807) is 17.4 Å². The average Bonchev–Trinajstić information content (AvgIpc) is 2.82. The summed E-state index contributed by atoms with van der Waals surface area (Å²) in [6.45, 7) is 4.67. The molecular formula is C14H19N3OS2. The highest BCUT2D eigenvalue weighted by molar-refractivity contribution is 7.99. The van der Waals surface area contributed by atoms with Gasteiger partial charge in [0, 0.05) is 28.1 Å². The van der Waals surface area contributed by atoms with E-state index in [0.29, 0.717) is 11.7 Å². The van der Waals surface area contributed by atoms with E-state index in [4.69, 9.17) is 5.73 Å². The number of nitrogens with zero attached hydrogens (tertiary/aromatic N) is 1. The van der Waals surface area contributed by atoms with Crippen molar-refractivity contribution in [1.29, 1.82) is 0 Å². The summed E-state index contributed by atoms with van der Waals surface area (Å²) in [5.74, 6) is 0. The SMILES string of the molecule is CCCc1cc(=O)[nH]c(SC(CN)c2ccc(C)s2)n1. The maximum Gasteiger partial charge on any atom is 0.251 e. The van der Waals surface area contributed by atoms with Crippen molar-refractivity contribution in [3.63, 3.8) is 0 Å². The fraction of sp³-hybridized carbons (Fsp3) is 0.429. The third-order valence-corrected chi connectivity index (χ3v) is 5.24. The Kier molecular flexibility index (Phi) is 5.39. The van der Waals surface area contributed by atoms with Gasteiger partial charge in [-0.2, -0.15) is 0 Å². The minimum absolute atomic E-state index is 0.0934. The van der Waals surface area contributed by atoms with Crippen LogP contribution in [0.15, 0.2) is 28.2 Å². The lowest BCUT2D eigenvalue weighted by atomic mass is 10.2. The first kappa shape index (κ1) is 15.3. The van der Waals surface area contributed by atoms with E-state index in [9.17, 15) is 4.79 Å². The number of H-pyrrole nitrogens is 1. The van der Waals surface area contributed by atoms with Crippen LogP contribution in [0.3, 0.4) is 0 Å². The Labute approximate surface area is 126 Å². The Bertz CT molecular complexity index is 621. The summed E-state index contributed by atoms with van der Waals surface area (Å²) in [4.78, 5) is 21.4. The first-order chi connectivity index (χ1) is 9.62. The number of aromatic nitrogens is 2. The first-order valence-electron chi connectivity index (χ1n) is 6.65. The molecule has 20 heavy (non-hydrogen) atoms. The highest BCUT2D eigenvalue weighted by atomic mass is 32.2. The zero-order valence-corrected chi connectivity index (χ0v) is 13.3. The van der Waals surface area contributed by atoms with Crippen LogP contribution in [-0.4, -0.2) is 16.5 Å². The Balaban J connectivity index is 2.21. The van der Waals surface area contributed by atoms with Gasteiger partial charge in [0.05, 0.1) is 5.25 Å². The van der Waals surface area contributed by atoms with Crippen molar-refractivity contribution < 1.29 is 0 Å². The average molecular weight is 309 g/mol. The number of hydrogen-bond donors (Lipinski definition) is 2. The molecule has 2 aromatic heterocycles. The van der Waals surface area contributed by atoms with Crippen LogP contribution in [0, 0.1) is 6.92 Å². The largest absolute Gasteiger partial charge is 0.329 e. The Morgan fingerprint density at radius 3 is 2.90 bits per heavy atom. The number of nitrogens with one attached hydrogen (secondary N) is 1. The second-order valence-corrected chi connectivity index (χ2v) is 7.09. The molecule has 0 amide bonds. The van der Waals surface area contributed by atoms with Crippen LogP contribution in [-0.2, 0) is 6.42 Å². The minimum Gasteiger partial charge on any atom is -0.329 e. The van der Waals surface area contributed by atoms with Crippen LogP contribution < -0.4 is 11.3 Å². The van der Waals surface area contributed by atoms with Gasteiger partial charge in [0.25, 0.3) is 5.56 Å². The van der Waals surface area contributed by atoms with Gasteiger partial charge in [0.2, 0.25) is 0 Å². The highest BCUT2D eigenvalue weighted by Crippen LogP contribution is 2.35. The second kappa shape index (κ2) is 7.06. The molecule has 2 aromatic rings. The van der Waals surface area contributed by atoms with Gasteiger partial charge >= 0.3 is 0 Å². The highest BCUT2D eigenvalue weighted by Gasteiger charge is 2.15. The molecule has 0 aliphatic carbocycles. The molecule has 0 aliphatic rings. The fourth-order valence-corrected chi connectivity index (χ4v) is 3.96. The summed E-state index contributed by atoms with van der Waals surface area (Å²) < 4.78 is 0. The zero-order valence-electron chi connectivity index (χ0n) is 11.7. The van der Waals surface area contributed by atoms with Crippen LogP contribution in [0.1, 0.15) is 34.0 Å². The lowest BCUT2D eigenvalue weighted by Gasteiger charge is -2.12. The van der Waals surface area contributed by atoms with Crippen molar-refractivity contribution >= 4 is 23.1 Å². The number of rotatable bonds is 6. The maximum atomic E-state index is 11.7. The van der Waals surface area contributed by atoms with Gasteiger partial charge in [-0.3, -0.25) is 4.79 Å². The third-order valence-electron chi connectivity index (χ3n) is 2.83. The monoisotopic (exact) mass is 309 g/mol. The quantitative estimate of drug-likeness (QED) is 0.636. The number of thiophene rings is 1. The lowest BCUT2D eigenvalue weighted by molar-refractivity contribution is 0.811. The Hall–Kier alpha value is -1.11. The zero-order chi connectivity index (χ0) is 14.5. The summed E-state index contributed by atoms with van der Waals surface area (Å²) >= 11 is 3.27. The normalized spacial score (nSPS) is 12.6. The van der Waals surface area contributed by atoms with Gasteiger partial charge in [-0.05, 0) is 25.5 Å². The number of aromatic amines is 1. The predicted octanol–water partition coefficient (Wildman–Crippen LogP) is 2.88. The molecule has 0 aromatic carbocycles. The van der Waals surface area contributed by atoms with Crippen molar-refractivity contribution in [1.82, 2.24) is 9.97 Å². The molecule has 108 valence electrons. The molecule has 4 nitrogen and oxygen atoms in total. The van der Waals surface area contributed by atoms with Crippen LogP contribution >= 0.6 is 23.1 Å². The molecular weight excluding hydrogens is 290 g/mol. The van der Waals surface area contributed by atoms with Crippen molar-refractivity contribution in [3.8, 4) is 0 Å². The molecule has 1 unspecified atom stereocenters. The van der Waals surface area contributed by atoms with E-state index in [1.165, 1.54) is 21.5 Å². The lowest BCUT2D eigenvalue weighted by Crippen LogP contribution is -2.13. The van der Waals surface area contributed by atoms with Gasteiger partial charge in [0.1, 0.15) is 0 Å². The molecule has 2 heterocycles. The van der Waals surface area contributed by atoms with E-state index in [-0.39, 0.29) is 10.8 Å². The molecule has 3 N–H and O–H groups in total. The molecule has 0 saturated heterocycles. The number of thioether (sulfide) groups is 1. The number of nitrogens with two attached hydrogens (primary N) is 1. The second-order valence-electron chi connectivity index (χ2n) is 4.58. The number of aryl methyl sites for hydroxylation is 2. The van der Waals surface area contributed by atoms with Gasteiger partial charge in [0.15, 0.2) is 5.16 Å². The first-order valence-corrected chi connectivity index (χ1v) is 8.35. The van der Waals surface area contributed by atoms with Gasteiger partial charge in [-0.1, -0.05) is 25.1 Å². The Morgan fingerprint density at radius 2 is 2.30 bits per heavy atom. The summed E-state index contributed by atoms with van der Waals surface area (Å²) in [7, 11) is 0.